The van der Waals surface area contributed by atoms with Crippen LogP contribution in [0.25, 0.3) is 0 Å². The number of sulfonamides is 1. The van der Waals surface area contributed by atoms with Crippen LogP contribution in [0.2, 0.25) is 0 Å². The smallest absolute Gasteiger partial charge is 0.240 e. The topological polar surface area (TPSA) is 75.4 Å². The van der Waals surface area contributed by atoms with Crippen LogP contribution in [0.4, 0.5) is 5.69 Å². The summed E-state index contributed by atoms with van der Waals surface area (Å²) in [6.07, 6.45) is 4.37. The molecule has 2 saturated heterocycles. The van der Waals surface area contributed by atoms with Crippen LogP contribution in [0.5, 0.6) is 0 Å². The number of benzene rings is 1. The number of nitrogen functional groups attached to an aromatic ring is 1. The van der Waals surface area contributed by atoms with Gasteiger partial charge in [-0.15, -0.1) is 0 Å². The van der Waals surface area contributed by atoms with E-state index in [4.69, 9.17) is 5.73 Å². The molecule has 116 valence electrons. The fourth-order valence-electron chi connectivity index (χ4n) is 3.34. The molecule has 2 aliphatic rings. The van der Waals surface area contributed by atoms with Crippen molar-refractivity contribution >= 4 is 31.6 Å². The monoisotopic (exact) mass is 373 g/mol. The zero-order chi connectivity index (χ0) is 15.0. The Morgan fingerprint density at radius 2 is 2.05 bits per heavy atom. The standard InChI is InChI=1S/C14H20BrN3O2S/c15-11-5-4-10(9-12(11)16)21(19,20)17-13-6-8-18-7-2-1-3-14(13)18/h4-5,9,13-14,17H,1-3,6-8,16H2. The maximum Gasteiger partial charge on any atom is 0.240 e. The molecule has 7 heteroatoms. The minimum absolute atomic E-state index is 0.0140. The molecule has 0 aromatic heterocycles. The van der Waals surface area contributed by atoms with E-state index in [0.717, 1.165) is 25.9 Å². The van der Waals surface area contributed by atoms with Crippen LogP contribution in [0.3, 0.4) is 0 Å². The number of nitrogens with one attached hydrogen (secondary N) is 1. The predicted octanol–water partition coefficient (Wildman–Crippen LogP) is 1.94. The Balaban J connectivity index is 1.78. The van der Waals surface area contributed by atoms with Crippen LogP contribution in [0.15, 0.2) is 27.6 Å². The van der Waals surface area contributed by atoms with Gasteiger partial charge in [0.05, 0.1) is 4.90 Å². The lowest BCUT2D eigenvalue weighted by Crippen LogP contribution is -2.46. The van der Waals surface area contributed by atoms with Crippen molar-refractivity contribution in [2.75, 3.05) is 18.8 Å². The molecule has 1 aromatic rings. The minimum Gasteiger partial charge on any atom is -0.398 e. The summed E-state index contributed by atoms with van der Waals surface area (Å²) in [6, 6.07) is 5.11. The first-order valence-electron chi connectivity index (χ1n) is 7.29. The average molecular weight is 374 g/mol. The summed E-state index contributed by atoms with van der Waals surface area (Å²) < 4.78 is 28.6. The molecule has 5 nitrogen and oxygen atoms in total. The normalized spacial score (nSPS) is 26.7. The first kappa shape index (κ1) is 15.3. The van der Waals surface area contributed by atoms with Gasteiger partial charge in [-0.1, -0.05) is 6.42 Å². The molecule has 2 fully saturated rings. The van der Waals surface area contributed by atoms with Gasteiger partial charge in [-0.05, 0) is 59.9 Å². The lowest BCUT2D eigenvalue weighted by Gasteiger charge is -2.32. The summed E-state index contributed by atoms with van der Waals surface area (Å²) in [5.41, 5.74) is 6.22. The number of anilines is 1. The van der Waals surface area contributed by atoms with Crippen molar-refractivity contribution in [1.82, 2.24) is 9.62 Å². The third-order valence-corrected chi connectivity index (χ3v) is 6.65. The molecule has 2 atom stereocenters. The third kappa shape index (κ3) is 3.11. The van der Waals surface area contributed by atoms with Crippen LogP contribution < -0.4 is 10.5 Å². The van der Waals surface area contributed by atoms with E-state index in [0.29, 0.717) is 16.2 Å². The zero-order valence-corrected chi connectivity index (χ0v) is 14.2. The highest BCUT2D eigenvalue weighted by Gasteiger charge is 2.37. The molecule has 2 aliphatic heterocycles. The number of fused-ring (bicyclic) bond motifs is 1. The summed E-state index contributed by atoms with van der Waals surface area (Å²) in [4.78, 5) is 2.64. The Hall–Kier alpha value is -0.630. The number of hydrogen-bond acceptors (Lipinski definition) is 4. The fraction of sp³-hybridized carbons (Fsp3) is 0.571. The number of halogens is 1. The Labute approximate surface area is 134 Å². The molecule has 3 N–H and O–H groups in total. The first-order chi connectivity index (χ1) is 9.97. The van der Waals surface area contributed by atoms with E-state index in [2.05, 4.69) is 25.6 Å². The van der Waals surface area contributed by atoms with Gasteiger partial charge in [-0.3, -0.25) is 4.90 Å². The highest BCUT2D eigenvalue weighted by Crippen LogP contribution is 2.29. The molecule has 0 spiro atoms. The molecular weight excluding hydrogens is 354 g/mol. The molecule has 0 aliphatic carbocycles. The number of hydrogen-bond donors (Lipinski definition) is 2. The van der Waals surface area contributed by atoms with Crippen molar-refractivity contribution in [3.05, 3.63) is 22.7 Å². The second kappa shape index (κ2) is 5.87. The maximum atomic E-state index is 12.5. The molecule has 0 amide bonds. The Morgan fingerprint density at radius 1 is 1.24 bits per heavy atom. The molecule has 2 heterocycles. The van der Waals surface area contributed by atoms with Gasteiger partial charge in [0, 0.05) is 28.8 Å². The average Bonchev–Trinajstić information content (AvgIpc) is 2.85. The van der Waals surface area contributed by atoms with Crippen LogP contribution in [0.1, 0.15) is 25.7 Å². The first-order valence-corrected chi connectivity index (χ1v) is 9.56. The highest BCUT2D eigenvalue weighted by atomic mass is 79.9. The van der Waals surface area contributed by atoms with E-state index in [1.807, 2.05) is 0 Å². The van der Waals surface area contributed by atoms with E-state index in [1.165, 1.54) is 18.9 Å². The van der Waals surface area contributed by atoms with Gasteiger partial charge in [0.25, 0.3) is 0 Å². The molecule has 0 bridgehead atoms. The van der Waals surface area contributed by atoms with Gasteiger partial charge in [0.2, 0.25) is 10.0 Å². The number of piperidine rings is 1. The van der Waals surface area contributed by atoms with Crippen molar-refractivity contribution in [1.29, 1.82) is 0 Å². The van der Waals surface area contributed by atoms with E-state index in [9.17, 15) is 8.42 Å². The van der Waals surface area contributed by atoms with Crippen LogP contribution >= 0.6 is 15.9 Å². The Bertz CT molecular complexity index is 635. The third-order valence-electron chi connectivity index (χ3n) is 4.44. The molecule has 3 rings (SSSR count). The molecule has 0 radical (unpaired) electrons. The van der Waals surface area contributed by atoms with Crippen molar-refractivity contribution < 1.29 is 8.42 Å². The van der Waals surface area contributed by atoms with Gasteiger partial charge in [-0.25, -0.2) is 13.1 Å². The van der Waals surface area contributed by atoms with Crippen molar-refractivity contribution in [2.24, 2.45) is 0 Å². The lowest BCUT2D eigenvalue weighted by atomic mass is 10.00. The summed E-state index contributed by atoms with van der Waals surface area (Å²) in [5, 5.41) is 0. The van der Waals surface area contributed by atoms with Crippen molar-refractivity contribution in [3.63, 3.8) is 0 Å². The summed E-state index contributed by atoms with van der Waals surface area (Å²) in [5.74, 6) is 0. The molecule has 2 unspecified atom stereocenters. The highest BCUT2D eigenvalue weighted by molar-refractivity contribution is 9.10. The Kier molecular flexibility index (Phi) is 4.27. The second-order valence-corrected chi connectivity index (χ2v) is 8.37. The fourth-order valence-corrected chi connectivity index (χ4v) is 4.93. The molecule has 1 aromatic carbocycles. The molecule has 21 heavy (non-hydrogen) atoms. The zero-order valence-electron chi connectivity index (χ0n) is 11.8. The number of rotatable bonds is 3. The molecular formula is C14H20BrN3O2S. The van der Waals surface area contributed by atoms with Crippen molar-refractivity contribution in [3.8, 4) is 0 Å². The number of nitrogens with zero attached hydrogens (tertiary/aromatic N) is 1. The van der Waals surface area contributed by atoms with Gasteiger partial charge < -0.3 is 5.73 Å². The Morgan fingerprint density at radius 3 is 2.81 bits per heavy atom. The summed E-state index contributed by atoms with van der Waals surface area (Å²) >= 11 is 3.28. The summed E-state index contributed by atoms with van der Waals surface area (Å²) in [7, 11) is -3.51. The van der Waals surface area contributed by atoms with Gasteiger partial charge >= 0.3 is 0 Å². The lowest BCUT2D eigenvalue weighted by molar-refractivity contribution is 0.186. The van der Waals surface area contributed by atoms with E-state index >= 15 is 0 Å². The van der Waals surface area contributed by atoms with Gasteiger partial charge in [-0.2, -0.15) is 0 Å². The quantitative estimate of drug-likeness (QED) is 0.793. The maximum absolute atomic E-state index is 12.5. The van der Waals surface area contributed by atoms with E-state index in [1.54, 1.807) is 12.1 Å². The summed E-state index contributed by atoms with van der Waals surface area (Å²) in [6.45, 7) is 2.08. The van der Waals surface area contributed by atoms with E-state index in [-0.39, 0.29) is 10.9 Å². The van der Waals surface area contributed by atoms with Crippen LogP contribution in [-0.2, 0) is 10.0 Å². The van der Waals surface area contributed by atoms with Crippen molar-refractivity contribution in [2.45, 2.75) is 42.7 Å². The largest absolute Gasteiger partial charge is 0.398 e. The van der Waals surface area contributed by atoms with E-state index < -0.39 is 10.0 Å². The van der Waals surface area contributed by atoms with Gasteiger partial charge in [0.15, 0.2) is 0 Å². The second-order valence-electron chi connectivity index (χ2n) is 5.80. The van der Waals surface area contributed by atoms with Crippen LogP contribution in [0, 0.1) is 0 Å². The molecule has 0 saturated carbocycles. The number of nitrogens with two attached hydrogens (primary N) is 1. The minimum atomic E-state index is -3.51. The van der Waals surface area contributed by atoms with Gasteiger partial charge in [0.1, 0.15) is 0 Å². The SMILES string of the molecule is Nc1cc(S(=O)(=O)NC2CCN3CCCCC23)ccc1Br. The predicted molar refractivity (Wildman–Crippen MR) is 86.5 cm³/mol. The van der Waals surface area contributed by atoms with Crippen LogP contribution in [-0.4, -0.2) is 38.5 Å².